The summed E-state index contributed by atoms with van der Waals surface area (Å²) < 4.78 is 0. The van der Waals surface area contributed by atoms with Gasteiger partial charge in [-0.1, -0.05) is 72.8 Å². The quantitative estimate of drug-likeness (QED) is 0.523. The molecule has 0 saturated carbocycles. The highest BCUT2D eigenvalue weighted by atomic mass is 16.2. The lowest BCUT2D eigenvalue weighted by Gasteiger charge is -2.10. The first-order valence-corrected chi connectivity index (χ1v) is 8.62. The number of amides is 2. The van der Waals surface area contributed by atoms with Gasteiger partial charge in [0.1, 0.15) is 0 Å². The van der Waals surface area contributed by atoms with Crippen molar-refractivity contribution < 1.29 is 9.59 Å². The Morgan fingerprint density at radius 3 is 1.96 bits per heavy atom. The normalized spacial score (nSPS) is 11.0. The number of benzene rings is 3. The Morgan fingerprint density at radius 1 is 0.778 bits per heavy atom. The summed E-state index contributed by atoms with van der Waals surface area (Å²) in [6, 6.07) is 26.2. The number of rotatable bonds is 6. The number of hydrogen-bond donors (Lipinski definition) is 2. The SMILES string of the molecule is NC(=O)c1ccc(CNC(=O)/C(=C\c2ccccc2)c2ccccc2)cc1. The molecule has 0 aliphatic heterocycles. The number of primary amides is 1. The third-order valence-electron chi connectivity index (χ3n) is 4.13. The zero-order valence-corrected chi connectivity index (χ0v) is 14.8. The molecule has 134 valence electrons. The molecule has 0 aliphatic rings. The maximum Gasteiger partial charge on any atom is 0.252 e. The average molecular weight is 356 g/mol. The van der Waals surface area contributed by atoms with E-state index in [-0.39, 0.29) is 5.91 Å². The molecule has 4 nitrogen and oxygen atoms in total. The van der Waals surface area contributed by atoms with Crippen molar-refractivity contribution in [2.75, 3.05) is 0 Å². The lowest BCUT2D eigenvalue weighted by molar-refractivity contribution is -0.115. The van der Waals surface area contributed by atoms with E-state index in [0.717, 1.165) is 16.7 Å². The van der Waals surface area contributed by atoms with Crippen molar-refractivity contribution in [1.29, 1.82) is 0 Å². The molecular weight excluding hydrogens is 336 g/mol. The van der Waals surface area contributed by atoms with Gasteiger partial charge in [0.2, 0.25) is 5.91 Å². The zero-order valence-electron chi connectivity index (χ0n) is 14.8. The van der Waals surface area contributed by atoms with Crippen molar-refractivity contribution in [3.05, 3.63) is 107 Å². The van der Waals surface area contributed by atoms with E-state index in [9.17, 15) is 9.59 Å². The molecule has 0 bridgehead atoms. The van der Waals surface area contributed by atoms with Crippen LogP contribution in [-0.4, -0.2) is 11.8 Å². The van der Waals surface area contributed by atoms with Gasteiger partial charge in [0, 0.05) is 17.7 Å². The number of carbonyl (C=O) groups excluding carboxylic acids is 2. The summed E-state index contributed by atoms with van der Waals surface area (Å²) in [5.41, 5.74) is 8.98. The molecule has 3 rings (SSSR count). The first-order chi connectivity index (χ1) is 13.1. The standard InChI is InChI=1S/C23H20N2O2/c24-22(26)20-13-11-18(12-14-20)16-25-23(27)21(19-9-5-2-6-10-19)15-17-7-3-1-4-8-17/h1-15H,16H2,(H2,24,26)(H,25,27)/b21-15-. The highest BCUT2D eigenvalue weighted by Crippen LogP contribution is 2.18. The van der Waals surface area contributed by atoms with Crippen molar-refractivity contribution in [2.45, 2.75) is 6.54 Å². The number of nitrogens with one attached hydrogen (secondary N) is 1. The van der Waals surface area contributed by atoms with Crippen LogP contribution in [0.4, 0.5) is 0 Å². The maximum atomic E-state index is 12.8. The van der Waals surface area contributed by atoms with E-state index in [1.807, 2.05) is 66.7 Å². The molecule has 2 amide bonds. The lowest BCUT2D eigenvalue weighted by atomic mass is 10.0. The molecule has 0 spiro atoms. The monoisotopic (exact) mass is 356 g/mol. The number of nitrogens with two attached hydrogens (primary N) is 1. The van der Waals surface area contributed by atoms with Crippen LogP contribution in [0, 0.1) is 0 Å². The minimum absolute atomic E-state index is 0.163. The molecule has 0 aliphatic carbocycles. The summed E-state index contributed by atoms with van der Waals surface area (Å²) >= 11 is 0. The molecule has 3 aromatic carbocycles. The number of carbonyl (C=O) groups is 2. The van der Waals surface area contributed by atoms with Gasteiger partial charge < -0.3 is 11.1 Å². The summed E-state index contributed by atoms with van der Waals surface area (Å²) in [6.07, 6.45) is 1.88. The Hall–Kier alpha value is -3.66. The Labute approximate surface area is 158 Å². The van der Waals surface area contributed by atoms with Gasteiger partial charge in [0.05, 0.1) is 0 Å². The van der Waals surface area contributed by atoms with Crippen molar-refractivity contribution in [3.63, 3.8) is 0 Å². The van der Waals surface area contributed by atoms with Gasteiger partial charge in [-0.2, -0.15) is 0 Å². The molecule has 0 unspecified atom stereocenters. The van der Waals surface area contributed by atoms with Crippen LogP contribution in [-0.2, 0) is 11.3 Å². The average Bonchev–Trinajstić information content (AvgIpc) is 2.72. The molecule has 27 heavy (non-hydrogen) atoms. The third kappa shape index (κ3) is 4.92. The smallest absolute Gasteiger partial charge is 0.252 e. The summed E-state index contributed by atoms with van der Waals surface area (Å²) in [6.45, 7) is 0.358. The lowest BCUT2D eigenvalue weighted by Crippen LogP contribution is -2.24. The molecule has 0 saturated heterocycles. The predicted molar refractivity (Wildman–Crippen MR) is 108 cm³/mol. The predicted octanol–water partition coefficient (Wildman–Crippen LogP) is 3.64. The van der Waals surface area contributed by atoms with Gasteiger partial charge in [-0.05, 0) is 34.9 Å². The fraction of sp³-hybridized carbons (Fsp3) is 0.0435. The van der Waals surface area contributed by atoms with Crippen LogP contribution in [0.3, 0.4) is 0 Å². The fourth-order valence-corrected chi connectivity index (χ4v) is 2.68. The molecule has 0 atom stereocenters. The number of hydrogen-bond acceptors (Lipinski definition) is 2. The van der Waals surface area contributed by atoms with Crippen molar-refractivity contribution in [1.82, 2.24) is 5.32 Å². The summed E-state index contributed by atoms with van der Waals surface area (Å²) in [5, 5.41) is 2.94. The maximum absolute atomic E-state index is 12.8. The Morgan fingerprint density at radius 2 is 1.37 bits per heavy atom. The second-order valence-corrected chi connectivity index (χ2v) is 6.08. The van der Waals surface area contributed by atoms with Crippen LogP contribution in [0.5, 0.6) is 0 Å². The second-order valence-electron chi connectivity index (χ2n) is 6.08. The minimum Gasteiger partial charge on any atom is -0.366 e. The van der Waals surface area contributed by atoms with Crippen molar-refractivity contribution in [3.8, 4) is 0 Å². The Balaban J connectivity index is 1.79. The van der Waals surface area contributed by atoms with Crippen molar-refractivity contribution in [2.24, 2.45) is 5.73 Å². The summed E-state index contributed by atoms with van der Waals surface area (Å²) in [7, 11) is 0. The largest absolute Gasteiger partial charge is 0.366 e. The molecule has 0 heterocycles. The first-order valence-electron chi connectivity index (χ1n) is 8.62. The molecule has 3 N–H and O–H groups in total. The second kappa shape index (κ2) is 8.63. The molecule has 4 heteroatoms. The van der Waals surface area contributed by atoms with Crippen LogP contribution >= 0.6 is 0 Å². The Kier molecular flexibility index (Phi) is 5.80. The van der Waals surface area contributed by atoms with E-state index in [4.69, 9.17) is 5.73 Å². The van der Waals surface area contributed by atoms with Gasteiger partial charge in [-0.3, -0.25) is 9.59 Å². The first kappa shape index (κ1) is 18.1. The molecule has 0 aromatic heterocycles. The Bertz CT molecular complexity index is 947. The van der Waals surface area contributed by atoms with Crippen molar-refractivity contribution >= 4 is 23.5 Å². The van der Waals surface area contributed by atoms with E-state index in [1.165, 1.54) is 0 Å². The molecule has 0 fully saturated rings. The highest BCUT2D eigenvalue weighted by molar-refractivity contribution is 6.24. The van der Waals surface area contributed by atoms with Crippen LogP contribution < -0.4 is 11.1 Å². The zero-order chi connectivity index (χ0) is 19.1. The summed E-state index contributed by atoms with van der Waals surface area (Å²) in [4.78, 5) is 24.0. The van der Waals surface area contributed by atoms with Gasteiger partial charge in [0.15, 0.2) is 0 Å². The van der Waals surface area contributed by atoms with E-state index in [2.05, 4.69) is 5.32 Å². The highest BCUT2D eigenvalue weighted by Gasteiger charge is 2.12. The van der Waals surface area contributed by atoms with E-state index >= 15 is 0 Å². The van der Waals surface area contributed by atoms with Crippen LogP contribution in [0.25, 0.3) is 11.6 Å². The minimum atomic E-state index is -0.470. The fourth-order valence-electron chi connectivity index (χ4n) is 2.68. The molecular formula is C23H20N2O2. The molecule has 0 radical (unpaired) electrons. The summed E-state index contributed by atoms with van der Waals surface area (Å²) in [5.74, 6) is -0.633. The van der Waals surface area contributed by atoms with E-state index < -0.39 is 5.91 Å². The van der Waals surface area contributed by atoms with Crippen LogP contribution in [0.2, 0.25) is 0 Å². The van der Waals surface area contributed by atoms with E-state index in [1.54, 1.807) is 24.3 Å². The van der Waals surface area contributed by atoms with Gasteiger partial charge >= 0.3 is 0 Å². The van der Waals surface area contributed by atoms with E-state index in [0.29, 0.717) is 17.7 Å². The van der Waals surface area contributed by atoms with Crippen LogP contribution in [0.15, 0.2) is 84.9 Å². The topological polar surface area (TPSA) is 72.2 Å². The van der Waals surface area contributed by atoms with Crippen LogP contribution in [0.1, 0.15) is 27.0 Å². The van der Waals surface area contributed by atoms with Gasteiger partial charge in [-0.25, -0.2) is 0 Å². The molecule has 3 aromatic rings. The third-order valence-corrected chi connectivity index (χ3v) is 4.13. The van der Waals surface area contributed by atoms with Gasteiger partial charge in [0.25, 0.3) is 5.91 Å². The van der Waals surface area contributed by atoms with Gasteiger partial charge in [-0.15, -0.1) is 0 Å².